The second-order valence-electron chi connectivity index (χ2n) is 3.82. The van der Waals surface area contributed by atoms with Crippen LogP contribution < -0.4 is 0 Å². The largest absolute Gasteiger partial charge is 0.299 e. The second-order valence-corrected chi connectivity index (χ2v) is 3.82. The van der Waals surface area contributed by atoms with Gasteiger partial charge in [0.05, 0.1) is 5.92 Å². The number of hydrogen-bond acceptors (Lipinski definition) is 2. The van der Waals surface area contributed by atoms with E-state index in [1.807, 2.05) is 0 Å². The van der Waals surface area contributed by atoms with E-state index in [9.17, 15) is 14.0 Å². The summed E-state index contributed by atoms with van der Waals surface area (Å²) in [6.07, 6.45) is 1.29. The van der Waals surface area contributed by atoms with Gasteiger partial charge in [-0.05, 0) is 6.08 Å². The van der Waals surface area contributed by atoms with Crippen LogP contribution in [0, 0.1) is 5.92 Å². The molecule has 3 heteroatoms. The predicted molar refractivity (Wildman–Crippen MR) is 57.7 cm³/mol. The Morgan fingerprint density at radius 1 is 1.25 bits per heavy atom. The fourth-order valence-corrected chi connectivity index (χ4v) is 1.78. The number of carbonyl (C=O) groups excluding carboxylic acids is 2. The van der Waals surface area contributed by atoms with Gasteiger partial charge in [0.2, 0.25) is 0 Å². The number of hydrogen-bond donors (Lipinski definition) is 0. The molecule has 0 saturated carbocycles. The SMILES string of the molecule is O=C1CC=C(F)C(C(=O)c2ccccc2)C1. The van der Waals surface area contributed by atoms with Crippen molar-refractivity contribution >= 4 is 11.6 Å². The third-order valence-corrected chi connectivity index (χ3v) is 2.66. The molecule has 0 heterocycles. The van der Waals surface area contributed by atoms with Gasteiger partial charge >= 0.3 is 0 Å². The van der Waals surface area contributed by atoms with Crippen LogP contribution in [0.4, 0.5) is 4.39 Å². The summed E-state index contributed by atoms with van der Waals surface area (Å²) >= 11 is 0. The molecule has 0 spiro atoms. The highest BCUT2D eigenvalue weighted by atomic mass is 19.1. The first-order valence-corrected chi connectivity index (χ1v) is 5.15. The van der Waals surface area contributed by atoms with Gasteiger partial charge in [-0.2, -0.15) is 0 Å². The Balaban J connectivity index is 2.25. The van der Waals surface area contributed by atoms with Crippen molar-refractivity contribution in [1.29, 1.82) is 0 Å². The molecule has 0 radical (unpaired) electrons. The number of allylic oxidation sites excluding steroid dienone is 2. The average molecular weight is 218 g/mol. The highest BCUT2D eigenvalue weighted by molar-refractivity contribution is 6.02. The molecule has 16 heavy (non-hydrogen) atoms. The van der Waals surface area contributed by atoms with Gasteiger partial charge in [0.1, 0.15) is 11.6 Å². The first-order valence-electron chi connectivity index (χ1n) is 5.15. The molecule has 0 aliphatic heterocycles. The lowest BCUT2D eigenvalue weighted by Crippen LogP contribution is -2.22. The number of carbonyl (C=O) groups is 2. The molecular formula is C13H11FO2. The van der Waals surface area contributed by atoms with Gasteiger partial charge in [-0.25, -0.2) is 4.39 Å². The molecule has 0 N–H and O–H groups in total. The van der Waals surface area contributed by atoms with E-state index in [1.165, 1.54) is 6.08 Å². The fourth-order valence-electron chi connectivity index (χ4n) is 1.78. The minimum absolute atomic E-state index is 0.0178. The van der Waals surface area contributed by atoms with E-state index in [0.29, 0.717) is 5.56 Å². The van der Waals surface area contributed by atoms with E-state index in [-0.39, 0.29) is 24.4 Å². The van der Waals surface area contributed by atoms with E-state index < -0.39 is 11.7 Å². The monoisotopic (exact) mass is 218 g/mol. The summed E-state index contributed by atoms with van der Waals surface area (Å²) in [5.41, 5.74) is 0.450. The molecular weight excluding hydrogens is 207 g/mol. The minimum atomic E-state index is -0.913. The van der Waals surface area contributed by atoms with E-state index in [2.05, 4.69) is 0 Å². The van der Waals surface area contributed by atoms with Gasteiger partial charge in [0, 0.05) is 18.4 Å². The zero-order valence-electron chi connectivity index (χ0n) is 8.65. The van der Waals surface area contributed by atoms with Gasteiger partial charge in [0.25, 0.3) is 0 Å². The molecule has 1 atom stereocenters. The van der Waals surface area contributed by atoms with Crippen LogP contribution in [0.3, 0.4) is 0 Å². The van der Waals surface area contributed by atoms with Gasteiger partial charge in [0.15, 0.2) is 5.78 Å². The molecule has 2 rings (SSSR count). The fraction of sp³-hybridized carbons (Fsp3) is 0.231. The normalized spacial score (nSPS) is 20.4. The average Bonchev–Trinajstić information content (AvgIpc) is 2.32. The summed E-state index contributed by atoms with van der Waals surface area (Å²) in [6, 6.07) is 8.50. The highest BCUT2D eigenvalue weighted by Crippen LogP contribution is 2.27. The Kier molecular flexibility index (Phi) is 2.95. The summed E-state index contributed by atoms with van der Waals surface area (Å²) < 4.78 is 13.4. The predicted octanol–water partition coefficient (Wildman–Crippen LogP) is 2.70. The van der Waals surface area contributed by atoms with Crippen LogP contribution >= 0.6 is 0 Å². The molecule has 0 aromatic heterocycles. The lowest BCUT2D eigenvalue weighted by molar-refractivity contribution is -0.119. The van der Waals surface area contributed by atoms with Crippen LogP contribution in [0.1, 0.15) is 23.2 Å². The third-order valence-electron chi connectivity index (χ3n) is 2.66. The summed E-state index contributed by atoms with van der Waals surface area (Å²) in [6.45, 7) is 0. The van der Waals surface area contributed by atoms with E-state index in [1.54, 1.807) is 30.3 Å². The molecule has 1 aliphatic rings. The molecule has 1 aromatic rings. The lowest BCUT2D eigenvalue weighted by atomic mass is 9.87. The maximum absolute atomic E-state index is 13.4. The van der Waals surface area contributed by atoms with Crippen LogP contribution in [0.25, 0.3) is 0 Å². The molecule has 0 bridgehead atoms. The second kappa shape index (κ2) is 4.39. The van der Waals surface area contributed by atoms with Crippen LogP contribution in [-0.4, -0.2) is 11.6 Å². The molecule has 1 aliphatic carbocycles. The number of Topliss-reactive ketones (excluding diaryl/α,β-unsaturated/α-hetero) is 2. The first kappa shape index (κ1) is 10.7. The van der Waals surface area contributed by atoms with Gasteiger partial charge < -0.3 is 0 Å². The first-order chi connectivity index (χ1) is 7.68. The number of halogens is 1. The molecule has 82 valence electrons. The van der Waals surface area contributed by atoms with E-state index in [0.717, 1.165) is 0 Å². The number of ketones is 2. The lowest BCUT2D eigenvalue weighted by Gasteiger charge is -2.16. The quantitative estimate of drug-likeness (QED) is 0.715. The topological polar surface area (TPSA) is 34.1 Å². The Labute approximate surface area is 92.8 Å². The van der Waals surface area contributed by atoms with Crippen molar-refractivity contribution in [2.45, 2.75) is 12.8 Å². The van der Waals surface area contributed by atoms with Crippen molar-refractivity contribution in [3.8, 4) is 0 Å². The standard InChI is InChI=1S/C13H11FO2/c14-12-7-6-10(15)8-11(12)13(16)9-4-2-1-3-5-9/h1-5,7,11H,6,8H2. The van der Waals surface area contributed by atoms with Gasteiger partial charge in [-0.3, -0.25) is 9.59 Å². The maximum Gasteiger partial charge on any atom is 0.173 e. The van der Waals surface area contributed by atoms with Gasteiger partial charge in [-0.15, -0.1) is 0 Å². The zero-order valence-corrected chi connectivity index (χ0v) is 8.65. The van der Waals surface area contributed by atoms with E-state index in [4.69, 9.17) is 0 Å². The zero-order chi connectivity index (χ0) is 11.5. The third kappa shape index (κ3) is 2.08. The summed E-state index contributed by atoms with van der Waals surface area (Å²) in [5.74, 6) is -1.80. The van der Waals surface area contributed by atoms with Crippen LogP contribution in [0.5, 0.6) is 0 Å². The summed E-state index contributed by atoms with van der Waals surface area (Å²) in [7, 11) is 0. The number of benzene rings is 1. The summed E-state index contributed by atoms with van der Waals surface area (Å²) in [4.78, 5) is 23.1. The molecule has 1 unspecified atom stereocenters. The molecule has 0 fully saturated rings. The van der Waals surface area contributed by atoms with E-state index >= 15 is 0 Å². The van der Waals surface area contributed by atoms with Gasteiger partial charge in [-0.1, -0.05) is 30.3 Å². The van der Waals surface area contributed by atoms with Crippen molar-refractivity contribution < 1.29 is 14.0 Å². The smallest absolute Gasteiger partial charge is 0.173 e. The van der Waals surface area contributed by atoms with Crippen LogP contribution in [0.2, 0.25) is 0 Å². The van der Waals surface area contributed by atoms with Crippen molar-refractivity contribution in [2.24, 2.45) is 5.92 Å². The van der Waals surface area contributed by atoms with Crippen molar-refractivity contribution in [3.05, 3.63) is 47.8 Å². The van der Waals surface area contributed by atoms with Crippen molar-refractivity contribution in [2.75, 3.05) is 0 Å². The van der Waals surface area contributed by atoms with Crippen molar-refractivity contribution in [3.63, 3.8) is 0 Å². The van der Waals surface area contributed by atoms with Crippen molar-refractivity contribution in [1.82, 2.24) is 0 Å². The minimum Gasteiger partial charge on any atom is -0.299 e. The Bertz CT molecular complexity index is 448. The van der Waals surface area contributed by atoms with Crippen LogP contribution in [0.15, 0.2) is 42.2 Å². The Morgan fingerprint density at radius 2 is 1.94 bits per heavy atom. The Hall–Kier alpha value is -1.77. The number of rotatable bonds is 2. The molecule has 2 nitrogen and oxygen atoms in total. The summed E-state index contributed by atoms with van der Waals surface area (Å²) in [5, 5.41) is 0. The highest BCUT2D eigenvalue weighted by Gasteiger charge is 2.29. The molecule has 0 saturated heterocycles. The maximum atomic E-state index is 13.4. The Morgan fingerprint density at radius 3 is 2.62 bits per heavy atom. The molecule has 0 amide bonds. The van der Waals surface area contributed by atoms with Crippen LogP contribution in [-0.2, 0) is 4.79 Å². The molecule has 1 aromatic carbocycles.